The molecule has 0 aromatic carbocycles. The fourth-order valence-electron chi connectivity index (χ4n) is 3.02. The summed E-state index contributed by atoms with van der Waals surface area (Å²) in [5.41, 5.74) is 0.435. The molecule has 1 aliphatic rings. The second-order valence-corrected chi connectivity index (χ2v) is 7.66. The van der Waals surface area contributed by atoms with Gasteiger partial charge in [0, 0.05) is 31.7 Å². The van der Waals surface area contributed by atoms with E-state index in [-0.39, 0.29) is 0 Å². The van der Waals surface area contributed by atoms with E-state index in [0.717, 1.165) is 18.4 Å². The smallest absolute Gasteiger partial charge is 0.0244 e. The maximum atomic E-state index is 3.79. The number of rotatable bonds is 6. The lowest BCUT2D eigenvalue weighted by molar-refractivity contribution is 0.0475. The molecule has 1 aliphatic heterocycles. The van der Waals surface area contributed by atoms with Gasteiger partial charge in [0.25, 0.3) is 0 Å². The van der Waals surface area contributed by atoms with Gasteiger partial charge in [0.1, 0.15) is 0 Å². The van der Waals surface area contributed by atoms with E-state index in [2.05, 4.69) is 58.7 Å². The molecule has 114 valence electrons. The normalized spacial score (nSPS) is 27.8. The first-order chi connectivity index (χ1) is 8.80. The summed E-state index contributed by atoms with van der Waals surface area (Å²) in [5.74, 6) is 1.51. The average molecular weight is 268 g/mol. The van der Waals surface area contributed by atoms with Crippen LogP contribution in [0.1, 0.15) is 61.3 Å². The summed E-state index contributed by atoms with van der Waals surface area (Å²) in [6.45, 7) is 20.2. The minimum atomic E-state index is 0.435. The fraction of sp³-hybridized carbons (Fsp3) is 1.00. The summed E-state index contributed by atoms with van der Waals surface area (Å²) in [5, 5.41) is 3.79. The lowest BCUT2D eigenvalue weighted by atomic mass is 9.86. The van der Waals surface area contributed by atoms with Gasteiger partial charge in [-0.15, -0.1) is 0 Å². The van der Waals surface area contributed by atoms with Crippen LogP contribution in [0.5, 0.6) is 0 Å². The Morgan fingerprint density at radius 1 is 1.21 bits per heavy atom. The number of nitrogens with one attached hydrogen (secondary N) is 1. The largest absolute Gasteiger partial charge is 0.311 e. The Bertz CT molecular complexity index is 260. The highest BCUT2D eigenvalue weighted by molar-refractivity contribution is 4.91. The molecule has 19 heavy (non-hydrogen) atoms. The van der Waals surface area contributed by atoms with Crippen molar-refractivity contribution in [2.45, 2.75) is 73.4 Å². The van der Waals surface area contributed by atoms with Crippen molar-refractivity contribution in [1.29, 1.82) is 0 Å². The van der Waals surface area contributed by atoms with Crippen LogP contribution in [0.25, 0.3) is 0 Å². The molecule has 0 saturated carbocycles. The van der Waals surface area contributed by atoms with Crippen LogP contribution < -0.4 is 5.32 Å². The topological polar surface area (TPSA) is 15.3 Å². The van der Waals surface area contributed by atoms with Crippen molar-refractivity contribution in [2.75, 3.05) is 19.6 Å². The van der Waals surface area contributed by atoms with Crippen molar-refractivity contribution < 1.29 is 0 Å². The minimum absolute atomic E-state index is 0.435. The first kappa shape index (κ1) is 17.0. The summed E-state index contributed by atoms with van der Waals surface area (Å²) in [4.78, 5) is 2.77. The fourth-order valence-corrected chi connectivity index (χ4v) is 3.02. The van der Waals surface area contributed by atoms with Crippen molar-refractivity contribution in [3.05, 3.63) is 0 Å². The van der Waals surface area contributed by atoms with Gasteiger partial charge >= 0.3 is 0 Å². The van der Waals surface area contributed by atoms with Crippen molar-refractivity contribution in [1.82, 2.24) is 10.2 Å². The number of piperazine rings is 1. The zero-order valence-corrected chi connectivity index (χ0v) is 14.3. The predicted molar refractivity (Wildman–Crippen MR) is 85.5 cm³/mol. The molecule has 1 rings (SSSR count). The third kappa shape index (κ3) is 4.75. The Morgan fingerprint density at radius 3 is 2.32 bits per heavy atom. The van der Waals surface area contributed by atoms with Crippen LogP contribution in [0.3, 0.4) is 0 Å². The van der Waals surface area contributed by atoms with E-state index >= 15 is 0 Å². The van der Waals surface area contributed by atoms with Gasteiger partial charge in [0.05, 0.1) is 0 Å². The molecular weight excluding hydrogens is 232 g/mol. The molecule has 1 fully saturated rings. The maximum absolute atomic E-state index is 3.79. The Labute approximate surface area is 121 Å². The molecule has 2 nitrogen and oxygen atoms in total. The zero-order valence-electron chi connectivity index (χ0n) is 14.3. The van der Waals surface area contributed by atoms with Gasteiger partial charge in [-0.3, -0.25) is 4.90 Å². The molecule has 0 radical (unpaired) electrons. The highest BCUT2D eigenvalue weighted by Crippen LogP contribution is 2.27. The number of hydrogen-bond donors (Lipinski definition) is 1. The van der Waals surface area contributed by atoms with E-state index in [4.69, 9.17) is 0 Å². The summed E-state index contributed by atoms with van der Waals surface area (Å²) in [6.07, 6.45) is 2.53. The van der Waals surface area contributed by atoms with Crippen LogP contribution in [-0.4, -0.2) is 36.6 Å². The molecule has 1 heterocycles. The predicted octanol–water partition coefficient (Wildman–Crippen LogP) is 3.77. The zero-order chi connectivity index (χ0) is 14.6. The standard InChI is InChI=1S/C17H36N2/c1-8-14(5)15-11-19(12-17(6,7)9-2)16(10-18-15)13(3)4/h13-16,18H,8-12H2,1-7H3. The van der Waals surface area contributed by atoms with Gasteiger partial charge in [-0.1, -0.05) is 54.9 Å². The van der Waals surface area contributed by atoms with Crippen molar-refractivity contribution in [3.63, 3.8) is 0 Å². The minimum Gasteiger partial charge on any atom is -0.311 e. The Kier molecular flexibility index (Phi) is 6.32. The average Bonchev–Trinajstić information content (AvgIpc) is 2.37. The molecule has 0 spiro atoms. The quantitative estimate of drug-likeness (QED) is 0.789. The van der Waals surface area contributed by atoms with E-state index in [1.165, 1.54) is 25.9 Å². The molecule has 0 aromatic heterocycles. The molecular formula is C17H36N2. The SMILES string of the molecule is CCC(C)C1CN(CC(C)(C)CC)C(C(C)C)CN1. The van der Waals surface area contributed by atoms with Crippen molar-refractivity contribution >= 4 is 0 Å². The molecule has 1 saturated heterocycles. The van der Waals surface area contributed by atoms with Crippen LogP contribution >= 0.6 is 0 Å². The number of hydrogen-bond acceptors (Lipinski definition) is 2. The lowest BCUT2D eigenvalue weighted by Crippen LogP contribution is -2.61. The molecule has 0 aliphatic carbocycles. The molecule has 0 aromatic rings. The van der Waals surface area contributed by atoms with Crippen molar-refractivity contribution in [3.8, 4) is 0 Å². The van der Waals surface area contributed by atoms with E-state index in [9.17, 15) is 0 Å². The highest BCUT2D eigenvalue weighted by Gasteiger charge is 2.34. The van der Waals surface area contributed by atoms with Gasteiger partial charge in [-0.05, 0) is 23.7 Å². The lowest BCUT2D eigenvalue weighted by Gasteiger charge is -2.46. The third-order valence-electron chi connectivity index (χ3n) is 5.18. The first-order valence-electron chi connectivity index (χ1n) is 8.28. The van der Waals surface area contributed by atoms with Gasteiger partial charge in [0.2, 0.25) is 0 Å². The number of nitrogens with zero attached hydrogens (tertiary/aromatic N) is 1. The monoisotopic (exact) mass is 268 g/mol. The van der Waals surface area contributed by atoms with Crippen LogP contribution in [0.2, 0.25) is 0 Å². The van der Waals surface area contributed by atoms with Crippen LogP contribution in [0, 0.1) is 17.3 Å². The molecule has 3 atom stereocenters. The van der Waals surface area contributed by atoms with Crippen molar-refractivity contribution in [2.24, 2.45) is 17.3 Å². The van der Waals surface area contributed by atoms with E-state index in [1.807, 2.05) is 0 Å². The summed E-state index contributed by atoms with van der Waals surface area (Å²) < 4.78 is 0. The molecule has 0 bridgehead atoms. The van der Waals surface area contributed by atoms with Crippen LogP contribution in [0.15, 0.2) is 0 Å². The third-order valence-corrected chi connectivity index (χ3v) is 5.18. The summed E-state index contributed by atoms with van der Waals surface area (Å²) >= 11 is 0. The van der Waals surface area contributed by atoms with Gasteiger partial charge in [-0.25, -0.2) is 0 Å². The summed E-state index contributed by atoms with van der Waals surface area (Å²) in [7, 11) is 0. The van der Waals surface area contributed by atoms with E-state index in [1.54, 1.807) is 0 Å². The Morgan fingerprint density at radius 2 is 1.84 bits per heavy atom. The maximum Gasteiger partial charge on any atom is 0.0244 e. The first-order valence-corrected chi connectivity index (χ1v) is 8.28. The Balaban J connectivity index is 2.73. The van der Waals surface area contributed by atoms with Gasteiger partial charge in [0.15, 0.2) is 0 Å². The van der Waals surface area contributed by atoms with Gasteiger partial charge in [-0.2, -0.15) is 0 Å². The van der Waals surface area contributed by atoms with E-state index < -0.39 is 0 Å². The Hall–Kier alpha value is -0.0800. The second kappa shape index (κ2) is 7.08. The highest BCUT2D eigenvalue weighted by atomic mass is 15.2. The van der Waals surface area contributed by atoms with Gasteiger partial charge < -0.3 is 5.32 Å². The molecule has 2 heteroatoms. The van der Waals surface area contributed by atoms with Crippen LogP contribution in [-0.2, 0) is 0 Å². The molecule has 0 amide bonds. The summed E-state index contributed by atoms with van der Waals surface area (Å²) in [6, 6.07) is 1.37. The molecule has 1 N–H and O–H groups in total. The van der Waals surface area contributed by atoms with Crippen LogP contribution in [0.4, 0.5) is 0 Å². The second-order valence-electron chi connectivity index (χ2n) is 7.66. The van der Waals surface area contributed by atoms with E-state index in [0.29, 0.717) is 17.5 Å². The molecule has 3 unspecified atom stereocenters.